The Morgan fingerprint density at radius 2 is 1.68 bits per heavy atom. The van der Waals surface area contributed by atoms with Gasteiger partial charge in [0.2, 0.25) is 5.91 Å². The number of benzene rings is 2. The Morgan fingerprint density at radius 1 is 1.00 bits per heavy atom. The molecule has 6 heteroatoms. The summed E-state index contributed by atoms with van der Waals surface area (Å²) in [6.45, 7) is 1.35. The molecule has 0 radical (unpaired) electrons. The number of Topliss-reactive ketones (excluding diaryl/α,β-unsaturated/α-hetero) is 1. The third kappa shape index (κ3) is 4.37. The first-order valence-electron chi connectivity index (χ1n) is 6.55. The third-order valence-corrected chi connectivity index (χ3v) is 2.87. The Balaban J connectivity index is 1.95. The van der Waals surface area contributed by atoms with Gasteiger partial charge in [0.25, 0.3) is 0 Å². The first-order chi connectivity index (χ1) is 10.4. The lowest BCUT2D eigenvalue weighted by molar-refractivity contribution is -0.114. The summed E-state index contributed by atoms with van der Waals surface area (Å²) in [6.07, 6.45) is 0. The van der Waals surface area contributed by atoms with Crippen molar-refractivity contribution in [2.24, 2.45) is 0 Å². The SMILES string of the molecule is CC(=O)c1cccc(NCC(=O)Nc2cc(F)cc(F)c2)c1. The van der Waals surface area contributed by atoms with E-state index in [-0.39, 0.29) is 18.0 Å². The molecule has 2 aromatic carbocycles. The van der Waals surface area contributed by atoms with Gasteiger partial charge in [-0.2, -0.15) is 0 Å². The fourth-order valence-corrected chi connectivity index (χ4v) is 1.86. The van der Waals surface area contributed by atoms with Gasteiger partial charge in [-0.15, -0.1) is 0 Å². The van der Waals surface area contributed by atoms with Crippen LogP contribution in [0.5, 0.6) is 0 Å². The highest BCUT2D eigenvalue weighted by atomic mass is 19.1. The topological polar surface area (TPSA) is 58.2 Å². The van der Waals surface area contributed by atoms with Crippen molar-refractivity contribution in [2.45, 2.75) is 6.92 Å². The van der Waals surface area contributed by atoms with Crippen LogP contribution in [0.1, 0.15) is 17.3 Å². The maximum absolute atomic E-state index is 13.0. The molecule has 2 rings (SSSR count). The molecule has 0 unspecified atom stereocenters. The molecule has 0 saturated carbocycles. The summed E-state index contributed by atoms with van der Waals surface area (Å²) in [4.78, 5) is 23.0. The van der Waals surface area contributed by atoms with E-state index < -0.39 is 17.5 Å². The summed E-state index contributed by atoms with van der Waals surface area (Å²) in [5.74, 6) is -2.07. The Hall–Kier alpha value is -2.76. The molecule has 0 spiro atoms. The summed E-state index contributed by atoms with van der Waals surface area (Å²) >= 11 is 0. The average Bonchev–Trinajstić information content (AvgIpc) is 2.44. The molecule has 4 nitrogen and oxygen atoms in total. The van der Waals surface area contributed by atoms with Crippen LogP contribution in [-0.4, -0.2) is 18.2 Å². The molecular formula is C16H14F2N2O2. The van der Waals surface area contributed by atoms with Gasteiger partial charge in [0.15, 0.2) is 5.78 Å². The van der Waals surface area contributed by atoms with Crippen molar-refractivity contribution in [3.05, 3.63) is 59.7 Å². The monoisotopic (exact) mass is 304 g/mol. The fraction of sp³-hybridized carbons (Fsp3) is 0.125. The molecule has 0 aromatic heterocycles. The second kappa shape index (κ2) is 6.80. The van der Waals surface area contributed by atoms with E-state index >= 15 is 0 Å². The van der Waals surface area contributed by atoms with Gasteiger partial charge >= 0.3 is 0 Å². The van der Waals surface area contributed by atoms with Crippen LogP contribution in [0.15, 0.2) is 42.5 Å². The van der Waals surface area contributed by atoms with Crippen molar-refractivity contribution in [1.82, 2.24) is 0 Å². The second-order valence-corrected chi connectivity index (χ2v) is 4.70. The normalized spacial score (nSPS) is 10.1. The van der Waals surface area contributed by atoms with Crippen LogP contribution < -0.4 is 10.6 Å². The molecule has 0 aliphatic heterocycles. The smallest absolute Gasteiger partial charge is 0.243 e. The lowest BCUT2D eigenvalue weighted by Gasteiger charge is -2.09. The number of hydrogen-bond acceptors (Lipinski definition) is 3. The van der Waals surface area contributed by atoms with E-state index in [2.05, 4.69) is 10.6 Å². The van der Waals surface area contributed by atoms with E-state index in [1.165, 1.54) is 6.92 Å². The van der Waals surface area contributed by atoms with E-state index in [9.17, 15) is 18.4 Å². The lowest BCUT2D eigenvalue weighted by atomic mass is 10.1. The summed E-state index contributed by atoms with van der Waals surface area (Å²) < 4.78 is 26.0. The fourth-order valence-electron chi connectivity index (χ4n) is 1.86. The number of amides is 1. The van der Waals surface area contributed by atoms with E-state index in [1.54, 1.807) is 24.3 Å². The lowest BCUT2D eigenvalue weighted by Crippen LogP contribution is -2.22. The molecule has 1 amide bonds. The van der Waals surface area contributed by atoms with Crippen molar-refractivity contribution >= 4 is 23.1 Å². The number of rotatable bonds is 5. The van der Waals surface area contributed by atoms with Crippen molar-refractivity contribution in [2.75, 3.05) is 17.2 Å². The molecule has 0 saturated heterocycles. The molecule has 22 heavy (non-hydrogen) atoms. The number of hydrogen-bond donors (Lipinski definition) is 2. The zero-order chi connectivity index (χ0) is 16.1. The minimum atomic E-state index is -0.766. The molecular weight excluding hydrogens is 290 g/mol. The van der Waals surface area contributed by atoms with Gasteiger partial charge in [-0.1, -0.05) is 12.1 Å². The zero-order valence-corrected chi connectivity index (χ0v) is 11.8. The average molecular weight is 304 g/mol. The van der Waals surface area contributed by atoms with Crippen molar-refractivity contribution < 1.29 is 18.4 Å². The Labute approximate surface area is 126 Å². The van der Waals surface area contributed by atoms with E-state index in [0.717, 1.165) is 18.2 Å². The number of anilines is 2. The molecule has 0 aliphatic carbocycles. The van der Waals surface area contributed by atoms with Gasteiger partial charge in [-0.3, -0.25) is 9.59 Å². The Bertz CT molecular complexity index is 697. The van der Waals surface area contributed by atoms with Gasteiger partial charge in [0.1, 0.15) is 11.6 Å². The molecule has 0 heterocycles. The predicted octanol–water partition coefficient (Wildman–Crippen LogP) is 3.22. The van der Waals surface area contributed by atoms with E-state index in [1.807, 2.05) is 0 Å². The van der Waals surface area contributed by atoms with Crippen LogP contribution in [0.25, 0.3) is 0 Å². The first kappa shape index (κ1) is 15.6. The standard InChI is InChI=1S/C16H14F2N2O2/c1-10(21)11-3-2-4-14(5-11)19-9-16(22)20-15-7-12(17)6-13(18)8-15/h2-8,19H,9H2,1H3,(H,20,22). The van der Waals surface area contributed by atoms with Crippen molar-refractivity contribution in [3.63, 3.8) is 0 Å². The summed E-state index contributed by atoms with van der Waals surface area (Å²) in [5.41, 5.74) is 1.17. The molecule has 2 aromatic rings. The minimum absolute atomic E-state index is 0.0433. The van der Waals surface area contributed by atoms with Crippen molar-refractivity contribution in [1.29, 1.82) is 0 Å². The highest BCUT2D eigenvalue weighted by molar-refractivity contribution is 5.96. The summed E-state index contributed by atoms with van der Waals surface area (Å²) in [6, 6.07) is 9.47. The maximum atomic E-state index is 13.0. The summed E-state index contributed by atoms with van der Waals surface area (Å²) in [5, 5.41) is 5.22. The molecule has 0 atom stereocenters. The molecule has 0 fully saturated rings. The molecule has 114 valence electrons. The van der Waals surface area contributed by atoms with Crippen LogP contribution >= 0.6 is 0 Å². The third-order valence-electron chi connectivity index (χ3n) is 2.87. The second-order valence-electron chi connectivity index (χ2n) is 4.70. The van der Waals surface area contributed by atoms with Crippen LogP contribution in [0.4, 0.5) is 20.2 Å². The van der Waals surface area contributed by atoms with Crippen LogP contribution in [0.2, 0.25) is 0 Å². The Morgan fingerprint density at radius 3 is 2.32 bits per heavy atom. The highest BCUT2D eigenvalue weighted by Crippen LogP contribution is 2.13. The van der Waals surface area contributed by atoms with E-state index in [0.29, 0.717) is 11.3 Å². The summed E-state index contributed by atoms with van der Waals surface area (Å²) in [7, 11) is 0. The number of ketones is 1. The van der Waals surface area contributed by atoms with Gasteiger partial charge < -0.3 is 10.6 Å². The number of carbonyl (C=O) groups is 2. The van der Waals surface area contributed by atoms with E-state index in [4.69, 9.17) is 0 Å². The minimum Gasteiger partial charge on any atom is -0.376 e. The predicted molar refractivity (Wildman–Crippen MR) is 79.9 cm³/mol. The number of halogens is 2. The van der Waals surface area contributed by atoms with Crippen LogP contribution in [0, 0.1) is 11.6 Å². The highest BCUT2D eigenvalue weighted by Gasteiger charge is 2.06. The van der Waals surface area contributed by atoms with Gasteiger partial charge in [-0.25, -0.2) is 8.78 Å². The first-order valence-corrected chi connectivity index (χ1v) is 6.55. The van der Waals surface area contributed by atoms with Gasteiger partial charge in [-0.05, 0) is 31.2 Å². The van der Waals surface area contributed by atoms with Gasteiger partial charge in [0, 0.05) is 23.0 Å². The Kier molecular flexibility index (Phi) is 4.83. The number of carbonyl (C=O) groups excluding carboxylic acids is 2. The quantitative estimate of drug-likeness (QED) is 0.834. The largest absolute Gasteiger partial charge is 0.376 e. The molecule has 2 N–H and O–H groups in total. The van der Waals surface area contributed by atoms with Crippen molar-refractivity contribution in [3.8, 4) is 0 Å². The maximum Gasteiger partial charge on any atom is 0.243 e. The van der Waals surface area contributed by atoms with Crippen LogP contribution in [-0.2, 0) is 4.79 Å². The van der Waals surface area contributed by atoms with Crippen LogP contribution in [0.3, 0.4) is 0 Å². The van der Waals surface area contributed by atoms with Gasteiger partial charge in [0.05, 0.1) is 6.54 Å². The molecule has 0 aliphatic rings. The molecule has 0 bridgehead atoms. The number of nitrogens with one attached hydrogen (secondary N) is 2. The zero-order valence-electron chi connectivity index (χ0n) is 11.8.